The third kappa shape index (κ3) is 8.03. The Labute approximate surface area is 155 Å². The monoisotopic (exact) mass is 368 g/mol. The second-order valence-electron chi connectivity index (χ2n) is 7.46. The Morgan fingerprint density at radius 2 is 1.65 bits per heavy atom. The van der Waals surface area contributed by atoms with E-state index in [4.69, 9.17) is 15.2 Å². The Hall–Kier alpha value is -1.83. The molecule has 7 heteroatoms. The first kappa shape index (κ1) is 22.2. The average molecular weight is 368 g/mol. The lowest BCUT2D eigenvalue weighted by Gasteiger charge is -2.29. The van der Waals surface area contributed by atoms with Crippen LogP contribution in [0.2, 0.25) is 0 Å². The molecule has 0 fully saturated rings. The van der Waals surface area contributed by atoms with Crippen LogP contribution in [0.15, 0.2) is 18.2 Å². The molecule has 1 amide bonds. The molecule has 0 aliphatic carbocycles. The molecular formula is C19H32N2O5. The van der Waals surface area contributed by atoms with Gasteiger partial charge in [0.25, 0.3) is 5.91 Å². The maximum Gasteiger partial charge on any atom is 0.251 e. The molecule has 0 aliphatic rings. The van der Waals surface area contributed by atoms with E-state index in [-0.39, 0.29) is 28.6 Å². The van der Waals surface area contributed by atoms with Crippen molar-refractivity contribution in [2.75, 3.05) is 26.3 Å². The van der Waals surface area contributed by atoms with Crippen molar-refractivity contribution in [3.63, 3.8) is 0 Å². The van der Waals surface area contributed by atoms with Crippen molar-refractivity contribution in [3.05, 3.63) is 23.8 Å². The van der Waals surface area contributed by atoms with Gasteiger partial charge >= 0.3 is 0 Å². The van der Waals surface area contributed by atoms with Gasteiger partial charge in [0.05, 0.1) is 24.4 Å². The van der Waals surface area contributed by atoms with Gasteiger partial charge in [-0.2, -0.15) is 0 Å². The van der Waals surface area contributed by atoms with Gasteiger partial charge < -0.3 is 30.7 Å². The number of carbonyl (C=O) groups is 1. The van der Waals surface area contributed by atoms with Crippen molar-refractivity contribution in [3.8, 4) is 11.5 Å². The van der Waals surface area contributed by atoms with Crippen LogP contribution < -0.4 is 11.1 Å². The van der Waals surface area contributed by atoms with Crippen LogP contribution in [0.3, 0.4) is 0 Å². The van der Waals surface area contributed by atoms with Crippen molar-refractivity contribution in [2.24, 2.45) is 5.73 Å². The van der Waals surface area contributed by atoms with E-state index in [0.717, 1.165) is 6.42 Å². The molecule has 0 unspecified atom stereocenters. The van der Waals surface area contributed by atoms with Gasteiger partial charge in [-0.05, 0) is 58.7 Å². The van der Waals surface area contributed by atoms with Crippen LogP contribution in [0.5, 0.6) is 11.5 Å². The molecule has 0 aliphatic heterocycles. The lowest BCUT2D eigenvalue weighted by atomic mass is 10.0. The van der Waals surface area contributed by atoms with Crippen LogP contribution >= 0.6 is 0 Å². The summed E-state index contributed by atoms with van der Waals surface area (Å²) in [7, 11) is 0. The largest absolute Gasteiger partial charge is 0.504 e. The first-order valence-electron chi connectivity index (χ1n) is 8.84. The van der Waals surface area contributed by atoms with Crippen molar-refractivity contribution < 1.29 is 24.5 Å². The maximum atomic E-state index is 12.1. The SMILES string of the molecule is CC(C)(CCNC(=O)c1ccc(O)c(O)c1)OCCC(C)(C)OCCN. The lowest BCUT2D eigenvalue weighted by Crippen LogP contribution is -2.35. The van der Waals surface area contributed by atoms with Gasteiger partial charge in [0.2, 0.25) is 0 Å². The summed E-state index contributed by atoms with van der Waals surface area (Å²) in [4.78, 5) is 12.1. The summed E-state index contributed by atoms with van der Waals surface area (Å²) in [5, 5.41) is 21.5. The van der Waals surface area contributed by atoms with Crippen LogP contribution in [-0.4, -0.2) is 53.6 Å². The standard InChI is InChI=1S/C19H32N2O5/c1-18(2,25-11-8-19(3,4)26-12-9-20)7-10-21-17(24)14-5-6-15(22)16(23)13-14/h5-6,13,22-23H,7-12,20H2,1-4H3,(H,21,24). The summed E-state index contributed by atoms with van der Waals surface area (Å²) >= 11 is 0. The number of phenolic OH excluding ortho intramolecular Hbond substituents is 2. The number of amides is 1. The fraction of sp³-hybridized carbons (Fsp3) is 0.632. The Bertz CT molecular complexity index is 587. The number of hydrogen-bond acceptors (Lipinski definition) is 6. The highest BCUT2D eigenvalue weighted by atomic mass is 16.5. The number of benzene rings is 1. The molecule has 0 aromatic heterocycles. The predicted molar refractivity (Wildman–Crippen MR) is 100 cm³/mol. The lowest BCUT2D eigenvalue weighted by molar-refractivity contribution is -0.0721. The van der Waals surface area contributed by atoms with E-state index in [0.29, 0.717) is 32.7 Å². The first-order valence-corrected chi connectivity index (χ1v) is 8.84. The number of carbonyl (C=O) groups excluding carboxylic acids is 1. The van der Waals surface area contributed by atoms with E-state index in [1.165, 1.54) is 18.2 Å². The minimum absolute atomic E-state index is 0.255. The first-order chi connectivity index (χ1) is 12.1. The minimum atomic E-state index is -0.395. The quantitative estimate of drug-likeness (QED) is 0.445. The summed E-state index contributed by atoms with van der Waals surface area (Å²) < 4.78 is 11.6. The Kier molecular flexibility index (Phi) is 8.33. The molecule has 26 heavy (non-hydrogen) atoms. The molecule has 7 nitrogen and oxygen atoms in total. The third-order valence-electron chi connectivity index (χ3n) is 4.06. The molecule has 0 saturated carbocycles. The normalized spacial score (nSPS) is 12.2. The molecule has 0 saturated heterocycles. The Morgan fingerprint density at radius 3 is 2.27 bits per heavy atom. The zero-order chi connectivity index (χ0) is 19.8. The van der Waals surface area contributed by atoms with Crippen LogP contribution in [0, 0.1) is 0 Å². The van der Waals surface area contributed by atoms with E-state index < -0.39 is 5.60 Å². The summed E-state index contributed by atoms with van der Waals surface area (Å²) in [6.45, 7) is 9.95. The third-order valence-corrected chi connectivity index (χ3v) is 4.06. The van der Waals surface area contributed by atoms with Crippen LogP contribution in [-0.2, 0) is 9.47 Å². The van der Waals surface area contributed by atoms with E-state index >= 15 is 0 Å². The van der Waals surface area contributed by atoms with Gasteiger partial charge in [-0.25, -0.2) is 0 Å². The number of rotatable bonds is 11. The van der Waals surface area contributed by atoms with E-state index in [1.54, 1.807) is 0 Å². The molecule has 1 aromatic rings. The summed E-state index contributed by atoms with van der Waals surface area (Å²) in [5.74, 6) is -0.886. The molecule has 0 atom stereocenters. The smallest absolute Gasteiger partial charge is 0.251 e. The number of nitrogens with two attached hydrogens (primary N) is 1. The zero-order valence-corrected chi connectivity index (χ0v) is 16.2. The molecule has 0 radical (unpaired) electrons. The minimum Gasteiger partial charge on any atom is -0.504 e. The molecule has 1 rings (SSSR count). The van der Waals surface area contributed by atoms with E-state index in [2.05, 4.69) is 5.32 Å². The van der Waals surface area contributed by atoms with Gasteiger partial charge in [-0.3, -0.25) is 4.79 Å². The Morgan fingerprint density at radius 1 is 1.04 bits per heavy atom. The number of ether oxygens (including phenoxy) is 2. The molecule has 0 bridgehead atoms. The molecule has 5 N–H and O–H groups in total. The van der Waals surface area contributed by atoms with Crippen molar-refractivity contribution in [2.45, 2.75) is 51.7 Å². The number of hydrogen-bond donors (Lipinski definition) is 4. The zero-order valence-electron chi connectivity index (χ0n) is 16.2. The summed E-state index contributed by atoms with van der Waals surface area (Å²) in [6, 6.07) is 3.97. The number of phenols is 2. The fourth-order valence-corrected chi connectivity index (χ4v) is 2.30. The van der Waals surface area contributed by atoms with E-state index in [1.807, 2.05) is 27.7 Å². The van der Waals surface area contributed by atoms with E-state index in [9.17, 15) is 15.0 Å². The van der Waals surface area contributed by atoms with Gasteiger partial charge in [-0.15, -0.1) is 0 Å². The van der Waals surface area contributed by atoms with Crippen molar-refractivity contribution in [1.82, 2.24) is 5.32 Å². The second kappa shape index (κ2) is 9.75. The average Bonchev–Trinajstić information content (AvgIpc) is 2.54. The maximum absolute atomic E-state index is 12.1. The van der Waals surface area contributed by atoms with Gasteiger partial charge in [0.1, 0.15) is 0 Å². The number of aromatic hydroxyl groups is 2. The topological polar surface area (TPSA) is 114 Å². The molecule has 1 aromatic carbocycles. The molecule has 148 valence electrons. The highest BCUT2D eigenvalue weighted by Gasteiger charge is 2.22. The van der Waals surface area contributed by atoms with Gasteiger partial charge in [0, 0.05) is 18.7 Å². The van der Waals surface area contributed by atoms with Crippen molar-refractivity contribution >= 4 is 5.91 Å². The Balaban J connectivity index is 2.36. The predicted octanol–water partition coefficient (Wildman–Crippen LogP) is 2.16. The highest BCUT2D eigenvalue weighted by Crippen LogP contribution is 2.25. The molecule has 0 spiro atoms. The van der Waals surface area contributed by atoms with Gasteiger partial charge in [0.15, 0.2) is 11.5 Å². The summed E-state index contributed by atoms with van der Waals surface area (Å²) in [6.07, 6.45) is 1.38. The number of nitrogens with one attached hydrogen (secondary N) is 1. The fourth-order valence-electron chi connectivity index (χ4n) is 2.30. The van der Waals surface area contributed by atoms with Crippen molar-refractivity contribution in [1.29, 1.82) is 0 Å². The summed E-state index contributed by atoms with van der Waals surface area (Å²) in [5.41, 5.74) is 5.06. The van der Waals surface area contributed by atoms with Crippen LogP contribution in [0.25, 0.3) is 0 Å². The van der Waals surface area contributed by atoms with Crippen LogP contribution in [0.4, 0.5) is 0 Å². The van der Waals surface area contributed by atoms with Crippen LogP contribution in [0.1, 0.15) is 50.9 Å². The molecular weight excluding hydrogens is 336 g/mol. The van der Waals surface area contributed by atoms with Gasteiger partial charge in [-0.1, -0.05) is 0 Å². The highest BCUT2D eigenvalue weighted by molar-refractivity contribution is 5.94. The molecule has 0 heterocycles. The second-order valence-corrected chi connectivity index (χ2v) is 7.46.